The van der Waals surface area contributed by atoms with E-state index in [0.717, 1.165) is 17.0 Å². The molecule has 0 bridgehead atoms. The van der Waals surface area contributed by atoms with Crippen molar-refractivity contribution in [1.82, 2.24) is 4.90 Å². The van der Waals surface area contributed by atoms with Gasteiger partial charge in [0.1, 0.15) is 12.4 Å². The Kier molecular flexibility index (Phi) is 8.46. The third kappa shape index (κ3) is 5.77. The normalized spacial score (nSPS) is 16.8. The number of benzene rings is 2. The van der Waals surface area contributed by atoms with Crippen LogP contribution in [0.5, 0.6) is 17.2 Å². The van der Waals surface area contributed by atoms with Gasteiger partial charge in [-0.3, -0.25) is 9.69 Å². The minimum atomic E-state index is -0.247. The lowest BCUT2D eigenvalue weighted by atomic mass is 10.1. The van der Waals surface area contributed by atoms with Gasteiger partial charge < -0.3 is 14.2 Å². The van der Waals surface area contributed by atoms with Crippen molar-refractivity contribution in [2.24, 2.45) is 4.99 Å². The average Bonchev–Trinajstić information content (AvgIpc) is 3.08. The second-order valence-electron chi connectivity index (χ2n) is 6.92. The number of rotatable bonds is 10. The molecule has 1 fully saturated rings. The first-order chi connectivity index (χ1) is 15.6. The van der Waals surface area contributed by atoms with Crippen molar-refractivity contribution >= 4 is 28.5 Å². The van der Waals surface area contributed by atoms with Gasteiger partial charge in [-0.25, -0.2) is 4.99 Å². The first-order valence-corrected chi connectivity index (χ1v) is 11.6. The van der Waals surface area contributed by atoms with Crippen LogP contribution in [0, 0.1) is 12.3 Å². The van der Waals surface area contributed by atoms with Gasteiger partial charge >= 0.3 is 0 Å². The molecule has 0 radical (unpaired) electrons. The number of terminal acetylenes is 1. The summed E-state index contributed by atoms with van der Waals surface area (Å²) in [6.07, 6.45) is 5.86. The number of thioether (sulfide) groups is 1. The SMILES string of the molecule is C#CCOc1ccc(C[C@@H]2SC(=Nc3ccc(OCC)cc3)N(CC)C2=O)cc1OCC. The summed E-state index contributed by atoms with van der Waals surface area (Å²) < 4.78 is 16.7. The van der Waals surface area contributed by atoms with E-state index in [4.69, 9.17) is 25.6 Å². The molecular weight excluding hydrogens is 424 g/mol. The average molecular weight is 453 g/mol. The predicted molar refractivity (Wildman–Crippen MR) is 129 cm³/mol. The molecule has 32 heavy (non-hydrogen) atoms. The second kappa shape index (κ2) is 11.5. The molecule has 0 N–H and O–H groups in total. The van der Waals surface area contributed by atoms with E-state index in [2.05, 4.69) is 5.92 Å². The lowest BCUT2D eigenvalue weighted by molar-refractivity contribution is -0.126. The monoisotopic (exact) mass is 452 g/mol. The molecule has 1 aliphatic rings. The first-order valence-electron chi connectivity index (χ1n) is 10.7. The third-order valence-electron chi connectivity index (χ3n) is 4.75. The quantitative estimate of drug-likeness (QED) is 0.490. The number of hydrogen-bond acceptors (Lipinski definition) is 6. The van der Waals surface area contributed by atoms with Crippen molar-refractivity contribution in [3.05, 3.63) is 48.0 Å². The summed E-state index contributed by atoms with van der Waals surface area (Å²) in [5, 5.41) is 0.467. The summed E-state index contributed by atoms with van der Waals surface area (Å²) in [4.78, 5) is 19.5. The number of amides is 1. The molecule has 2 aromatic rings. The van der Waals surface area contributed by atoms with Crippen LogP contribution in [0.4, 0.5) is 5.69 Å². The Hall–Kier alpha value is -3.11. The molecule has 3 rings (SSSR count). The van der Waals surface area contributed by atoms with Gasteiger partial charge in [-0.1, -0.05) is 23.7 Å². The third-order valence-corrected chi connectivity index (χ3v) is 5.92. The Morgan fingerprint density at radius 1 is 1.03 bits per heavy atom. The number of nitrogens with zero attached hydrogens (tertiary/aromatic N) is 2. The Bertz CT molecular complexity index is 998. The van der Waals surface area contributed by atoms with Crippen molar-refractivity contribution in [3.63, 3.8) is 0 Å². The van der Waals surface area contributed by atoms with Crippen molar-refractivity contribution in [2.45, 2.75) is 32.4 Å². The van der Waals surface area contributed by atoms with Crippen molar-refractivity contribution in [2.75, 3.05) is 26.4 Å². The Morgan fingerprint density at radius 3 is 2.44 bits per heavy atom. The lowest BCUT2D eigenvalue weighted by Crippen LogP contribution is -2.32. The van der Waals surface area contributed by atoms with Gasteiger partial charge in [-0.05, 0) is 69.2 Å². The van der Waals surface area contributed by atoms with Gasteiger partial charge in [0.05, 0.1) is 24.2 Å². The molecule has 1 saturated heterocycles. The summed E-state index contributed by atoms with van der Waals surface area (Å²) in [7, 11) is 0. The van der Waals surface area contributed by atoms with Gasteiger partial charge in [0.15, 0.2) is 16.7 Å². The molecule has 6 nitrogen and oxygen atoms in total. The minimum Gasteiger partial charge on any atom is -0.494 e. The molecule has 0 aliphatic carbocycles. The van der Waals surface area contributed by atoms with E-state index < -0.39 is 0 Å². The van der Waals surface area contributed by atoms with Crippen LogP contribution < -0.4 is 14.2 Å². The van der Waals surface area contributed by atoms with Gasteiger partial charge in [-0.15, -0.1) is 6.42 Å². The van der Waals surface area contributed by atoms with E-state index in [9.17, 15) is 4.79 Å². The van der Waals surface area contributed by atoms with Crippen LogP contribution in [-0.4, -0.2) is 47.6 Å². The maximum Gasteiger partial charge on any atom is 0.242 e. The fraction of sp³-hybridized carbons (Fsp3) is 0.360. The number of amidine groups is 1. The molecule has 168 valence electrons. The summed E-state index contributed by atoms with van der Waals surface area (Å²) in [6, 6.07) is 13.3. The molecule has 0 spiro atoms. The summed E-state index contributed by atoms with van der Waals surface area (Å²) in [6.45, 7) is 7.69. The fourth-order valence-electron chi connectivity index (χ4n) is 3.31. The van der Waals surface area contributed by atoms with Crippen LogP contribution in [0.15, 0.2) is 47.5 Å². The molecule has 2 aromatic carbocycles. The second-order valence-corrected chi connectivity index (χ2v) is 8.09. The zero-order chi connectivity index (χ0) is 22.9. The summed E-state index contributed by atoms with van der Waals surface area (Å²) >= 11 is 1.49. The number of hydrogen-bond donors (Lipinski definition) is 0. The highest BCUT2D eigenvalue weighted by molar-refractivity contribution is 8.15. The standard InChI is InChI=1S/C25H28N2O4S/c1-5-15-31-21-14-9-18(16-22(21)30-8-4)17-23-24(28)27(6-2)25(32-23)26-19-10-12-20(13-11-19)29-7-3/h1,9-14,16,23H,6-8,15,17H2,2-4H3/t23-/m0/s1. The van der Waals surface area contributed by atoms with Crippen molar-refractivity contribution in [3.8, 4) is 29.6 Å². The van der Waals surface area contributed by atoms with Crippen LogP contribution in [-0.2, 0) is 11.2 Å². The number of aliphatic imine (C=N–C) groups is 1. The summed E-state index contributed by atoms with van der Waals surface area (Å²) in [5.74, 6) is 4.56. The Balaban J connectivity index is 1.77. The molecule has 0 unspecified atom stereocenters. The smallest absolute Gasteiger partial charge is 0.242 e. The molecule has 1 atom stereocenters. The minimum absolute atomic E-state index is 0.0628. The highest BCUT2D eigenvalue weighted by Gasteiger charge is 2.37. The number of ether oxygens (including phenoxy) is 3. The highest BCUT2D eigenvalue weighted by atomic mass is 32.2. The van der Waals surface area contributed by atoms with Crippen LogP contribution in [0.25, 0.3) is 0 Å². The maximum absolute atomic E-state index is 13.0. The zero-order valence-electron chi connectivity index (χ0n) is 18.7. The van der Waals surface area contributed by atoms with Crippen LogP contribution in [0.2, 0.25) is 0 Å². The molecule has 1 heterocycles. The molecular formula is C25H28N2O4S. The van der Waals surface area contributed by atoms with Gasteiger partial charge in [0.25, 0.3) is 0 Å². The predicted octanol–water partition coefficient (Wildman–Crippen LogP) is 4.69. The van der Waals surface area contributed by atoms with Crippen molar-refractivity contribution < 1.29 is 19.0 Å². The van der Waals surface area contributed by atoms with Crippen LogP contribution in [0.3, 0.4) is 0 Å². The van der Waals surface area contributed by atoms with Crippen molar-refractivity contribution in [1.29, 1.82) is 0 Å². The van der Waals surface area contributed by atoms with E-state index in [1.165, 1.54) is 11.8 Å². The van der Waals surface area contributed by atoms with E-state index in [1.807, 2.05) is 63.2 Å². The van der Waals surface area contributed by atoms with E-state index in [-0.39, 0.29) is 17.8 Å². The molecule has 7 heteroatoms. The molecule has 0 saturated carbocycles. The largest absolute Gasteiger partial charge is 0.494 e. The highest BCUT2D eigenvalue weighted by Crippen LogP contribution is 2.34. The Morgan fingerprint density at radius 2 is 1.78 bits per heavy atom. The fourth-order valence-corrected chi connectivity index (χ4v) is 4.57. The van der Waals surface area contributed by atoms with Crippen LogP contribution in [0.1, 0.15) is 26.3 Å². The number of carbonyl (C=O) groups is 1. The Labute approximate surface area is 194 Å². The van der Waals surface area contributed by atoms with Gasteiger partial charge in [0, 0.05) is 6.54 Å². The number of carbonyl (C=O) groups excluding carboxylic acids is 1. The van der Waals surface area contributed by atoms with Gasteiger partial charge in [-0.2, -0.15) is 0 Å². The maximum atomic E-state index is 13.0. The van der Waals surface area contributed by atoms with E-state index in [0.29, 0.717) is 42.8 Å². The summed E-state index contributed by atoms with van der Waals surface area (Å²) in [5.41, 5.74) is 1.78. The molecule has 0 aromatic heterocycles. The topological polar surface area (TPSA) is 60.4 Å². The molecule has 1 amide bonds. The van der Waals surface area contributed by atoms with E-state index in [1.54, 1.807) is 4.90 Å². The van der Waals surface area contributed by atoms with Gasteiger partial charge in [0.2, 0.25) is 5.91 Å². The molecule has 1 aliphatic heterocycles. The van der Waals surface area contributed by atoms with Crippen LogP contribution >= 0.6 is 11.8 Å². The first kappa shape index (κ1) is 23.6. The zero-order valence-corrected chi connectivity index (χ0v) is 19.5. The lowest BCUT2D eigenvalue weighted by Gasteiger charge is -2.14. The van der Waals surface area contributed by atoms with E-state index >= 15 is 0 Å².